The first-order chi connectivity index (χ1) is 19.5. The molecule has 8 nitrogen and oxygen atoms in total. The smallest absolute Gasteiger partial charge is 0.252 e. The molecule has 0 saturated heterocycles. The number of nitrogens with zero attached hydrogens (tertiary/aromatic N) is 3. The molecule has 0 bridgehead atoms. The van der Waals surface area contributed by atoms with E-state index >= 15 is 0 Å². The van der Waals surface area contributed by atoms with Crippen molar-refractivity contribution in [3.05, 3.63) is 87.6 Å². The molecule has 0 unspecified atom stereocenters. The molecule has 2 aromatic carbocycles. The standard InChI is InChI=1S/C32H34ClN3O5/c1-6-28(37)22-9-8-21(33)17-23(22)24-18-31(39)36(19-30(24)40-5)27(11-14-41-32(2,3)4)29(38)16-20-7-10-25-26(15-20)35-13-12-34-25/h7-10,12-13,15,17-19,27H,6,11,14,16H2,1-5H3/t27-/m0/s1. The fraction of sp³-hybridized carbons (Fsp3) is 0.344. The molecule has 2 heterocycles. The largest absolute Gasteiger partial charge is 0.495 e. The highest BCUT2D eigenvalue weighted by Gasteiger charge is 2.25. The number of fused-ring (bicyclic) bond motifs is 1. The highest BCUT2D eigenvalue weighted by molar-refractivity contribution is 6.31. The van der Waals surface area contributed by atoms with Gasteiger partial charge in [0.1, 0.15) is 5.75 Å². The molecule has 0 fully saturated rings. The topological polar surface area (TPSA) is 100 Å². The van der Waals surface area contributed by atoms with Crippen molar-refractivity contribution in [3.63, 3.8) is 0 Å². The first kappa shape index (κ1) is 30.1. The molecular weight excluding hydrogens is 542 g/mol. The van der Waals surface area contributed by atoms with Gasteiger partial charge in [-0.1, -0.05) is 24.6 Å². The van der Waals surface area contributed by atoms with Crippen molar-refractivity contribution in [2.45, 2.75) is 58.6 Å². The van der Waals surface area contributed by atoms with Gasteiger partial charge in [0.15, 0.2) is 11.6 Å². The van der Waals surface area contributed by atoms with Gasteiger partial charge in [-0.15, -0.1) is 0 Å². The number of hydrogen-bond donors (Lipinski definition) is 0. The lowest BCUT2D eigenvalue weighted by Crippen LogP contribution is -2.32. The second-order valence-electron chi connectivity index (χ2n) is 10.8. The maximum absolute atomic E-state index is 13.8. The van der Waals surface area contributed by atoms with Crippen molar-refractivity contribution in [1.82, 2.24) is 14.5 Å². The van der Waals surface area contributed by atoms with Crippen LogP contribution in [0.15, 0.2) is 65.8 Å². The molecule has 0 spiro atoms. The van der Waals surface area contributed by atoms with Crippen LogP contribution >= 0.6 is 11.6 Å². The fourth-order valence-electron chi connectivity index (χ4n) is 4.69. The zero-order chi connectivity index (χ0) is 29.7. The average molecular weight is 576 g/mol. The van der Waals surface area contributed by atoms with Gasteiger partial charge < -0.3 is 14.0 Å². The number of carbonyl (C=O) groups excluding carboxylic acids is 2. The summed E-state index contributed by atoms with van der Waals surface area (Å²) in [6, 6.07) is 11.0. The van der Waals surface area contributed by atoms with Crippen molar-refractivity contribution in [2.24, 2.45) is 0 Å². The SMILES string of the molecule is CCC(=O)c1ccc(Cl)cc1-c1cc(=O)n([C@@H](CCOC(C)(C)C)C(=O)Cc2ccc3nccnc3c2)cc1OC. The Hall–Kier alpha value is -3.88. The summed E-state index contributed by atoms with van der Waals surface area (Å²) < 4.78 is 13.0. The first-order valence-electron chi connectivity index (χ1n) is 13.5. The van der Waals surface area contributed by atoms with Crippen LogP contribution < -0.4 is 10.3 Å². The third kappa shape index (κ3) is 7.26. The van der Waals surface area contributed by atoms with Crippen molar-refractivity contribution < 1.29 is 19.1 Å². The van der Waals surface area contributed by atoms with Gasteiger partial charge in [0.05, 0.1) is 36.0 Å². The molecular formula is C32H34ClN3O5. The first-order valence-corrected chi connectivity index (χ1v) is 13.9. The van der Waals surface area contributed by atoms with E-state index in [1.54, 1.807) is 37.5 Å². The Morgan fingerprint density at radius 1 is 1.00 bits per heavy atom. The van der Waals surface area contributed by atoms with E-state index in [4.69, 9.17) is 21.1 Å². The monoisotopic (exact) mass is 575 g/mol. The minimum atomic E-state index is -0.818. The molecule has 0 N–H and O–H groups in total. The van der Waals surface area contributed by atoms with Crippen molar-refractivity contribution in [1.29, 1.82) is 0 Å². The van der Waals surface area contributed by atoms with Crippen LogP contribution in [-0.2, 0) is 16.0 Å². The van der Waals surface area contributed by atoms with Gasteiger partial charge in [-0.25, -0.2) is 0 Å². The highest BCUT2D eigenvalue weighted by Crippen LogP contribution is 2.34. The number of methoxy groups -OCH3 is 1. The summed E-state index contributed by atoms with van der Waals surface area (Å²) in [4.78, 5) is 48.7. The van der Waals surface area contributed by atoms with E-state index in [1.807, 2.05) is 39.0 Å². The summed E-state index contributed by atoms with van der Waals surface area (Å²) in [5.41, 5.74) is 2.74. The molecule has 0 aliphatic rings. The number of aromatic nitrogens is 3. The predicted molar refractivity (Wildman–Crippen MR) is 160 cm³/mol. The van der Waals surface area contributed by atoms with Crippen LogP contribution in [0, 0.1) is 0 Å². The number of pyridine rings is 1. The predicted octanol–water partition coefficient (Wildman–Crippen LogP) is 6.27. The maximum atomic E-state index is 13.8. The summed E-state index contributed by atoms with van der Waals surface area (Å²) in [5, 5.41) is 0.423. The van der Waals surface area contributed by atoms with Gasteiger partial charge in [0.25, 0.3) is 5.56 Å². The van der Waals surface area contributed by atoms with Crippen LogP contribution in [0.4, 0.5) is 0 Å². The Morgan fingerprint density at radius 3 is 2.41 bits per heavy atom. The Balaban J connectivity index is 1.75. The van der Waals surface area contributed by atoms with E-state index in [0.29, 0.717) is 39.4 Å². The number of rotatable bonds is 11. The zero-order valence-electron chi connectivity index (χ0n) is 23.9. The van der Waals surface area contributed by atoms with E-state index in [-0.39, 0.29) is 31.0 Å². The lowest BCUT2D eigenvalue weighted by Gasteiger charge is -2.24. The minimum Gasteiger partial charge on any atom is -0.495 e. The van der Waals surface area contributed by atoms with E-state index in [2.05, 4.69) is 9.97 Å². The molecule has 0 aliphatic carbocycles. The van der Waals surface area contributed by atoms with Gasteiger partial charge in [-0.2, -0.15) is 0 Å². The van der Waals surface area contributed by atoms with Gasteiger partial charge in [-0.05, 0) is 68.7 Å². The lowest BCUT2D eigenvalue weighted by molar-refractivity contribution is -0.122. The molecule has 0 saturated carbocycles. The van der Waals surface area contributed by atoms with Gasteiger partial charge in [-0.3, -0.25) is 24.4 Å². The van der Waals surface area contributed by atoms with Crippen LogP contribution in [0.25, 0.3) is 22.2 Å². The Labute approximate surface area is 244 Å². The number of Topliss-reactive ketones (excluding diaryl/α,β-unsaturated/α-hetero) is 2. The number of hydrogen-bond acceptors (Lipinski definition) is 7. The summed E-state index contributed by atoms with van der Waals surface area (Å²) in [6.07, 6.45) is 5.41. The quantitative estimate of drug-likeness (QED) is 0.194. The summed E-state index contributed by atoms with van der Waals surface area (Å²) in [7, 11) is 1.48. The molecule has 41 heavy (non-hydrogen) atoms. The molecule has 0 radical (unpaired) electrons. The second kappa shape index (κ2) is 12.7. The van der Waals surface area contributed by atoms with Crippen LogP contribution in [0.3, 0.4) is 0 Å². The zero-order valence-corrected chi connectivity index (χ0v) is 24.7. The third-order valence-electron chi connectivity index (χ3n) is 6.70. The number of benzene rings is 2. The molecule has 2 aromatic heterocycles. The third-order valence-corrected chi connectivity index (χ3v) is 6.94. The molecule has 4 aromatic rings. The van der Waals surface area contributed by atoms with Crippen molar-refractivity contribution in [2.75, 3.05) is 13.7 Å². The van der Waals surface area contributed by atoms with E-state index in [0.717, 1.165) is 11.1 Å². The van der Waals surface area contributed by atoms with Gasteiger partial charge in [0.2, 0.25) is 0 Å². The molecule has 4 rings (SSSR count). The lowest BCUT2D eigenvalue weighted by atomic mass is 9.95. The van der Waals surface area contributed by atoms with Crippen LogP contribution in [-0.4, -0.2) is 45.4 Å². The normalized spacial score (nSPS) is 12.3. The van der Waals surface area contributed by atoms with Gasteiger partial charge in [0, 0.05) is 54.1 Å². The number of carbonyl (C=O) groups is 2. The molecule has 1 atom stereocenters. The molecule has 214 valence electrons. The van der Waals surface area contributed by atoms with Crippen LogP contribution in [0.5, 0.6) is 5.75 Å². The van der Waals surface area contributed by atoms with E-state index in [9.17, 15) is 14.4 Å². The average Bonchev–Trinajstić information content (AvgIpc) is 2.94. The van der Waals surface area contributed by atoms with Gasteiger partial charge >= 0.3 is 0 Å². The Morgan fingerprint density at radius 2 is 1.73 bits per heavy atom. The van der Waals surface area contributed by atoms with Crippen LogP contribution in [0.2, 0.25) is 5.02 Å². The summed E-state index contributed by atoms with van der Waals surface area (Å²) >= 11 is 6.28. The Kier molecular flexibility index (Phi) is 9.35. The van der Waals surface area contributed by atoms with E-state index < -0.39 is 17.2 Å². The van der Waals surface area contributed by atoms with Crippen LogP contribution in [0.1, 0.15) is 62.5 Å². The molecule has 9 heteroatoms. The van der Waals surface area contributed by atoms with Crippen molar-refractivity contribution >= 4 is 34.2 Å². The molecule has 0 amide bonds. The Bertz CT molecular complexity index is 1640. The summed E-state index contributed by atoms with van der Waals surface area (Å²) in [6.45, 7) is 7.84. The number of ether oxygens (including phenoxy) is 2. The maximum Gasteiger partial charge on any atom is 0.252 e. The van der Waals surface area contributed by atoms with Crippen molar-refractivity contribution in [3.8, 4) is 16.9 Å². The second-order valence-corrected chi connectivity index (χ2v) is 11.2. The van der Waals surface area contributed by atoms with E-state index in [1.165, 1.54) is 23.9 Å². The number of ketones is 2. The molecule has 0 aliphatic heterocycles. The summed E-state index contributed by atoms with van der Waals surface area (Å²) in [5.74, 6) is 0.0927. The number of halogens is 1. The minimum absolute atomic E-state index is 0.0876. The fourth-order valence-corrected chi connectivity index (χ4v) is 4.86. The highest BCUT2D eigenvalue weighted by atomic mass is 35.5.